The highest BCUT2D eigenvalue weighted by Crippen LogP contribution is 2.25. The molecule has 0 unspecified atom stereocenters. The number of likely N-dealkylation sites (N-methyl/N-ethyl adjacent to an activating group) is 1. The lowest BCUT2D eigenvalue weighted by Crippen LogP contribution is -2.50. The van der Waals surface area contributed by atoms with E-state index < -0.39 is 0 Å². The highest BCUT2D eigenvalue weighted by atomic mass is 32.1. The number of hydrogen-bond donors (Lipinski definition) is 1. The fraction of sp³-hybridized carbons (Fsp3) is 0.533. The second kappa shape index (κ2) is 6.58. The number of aryl methyl sites for hydroxylation is 1. The van der Waals surface area contributed by atoms with Crippen LogP contribution in [-0.4, -0.2) is 56.8 Å². The summed E-state index contributed by atoms with van der Waals surface area (Å²) in [7, 11) is 0. The molecule has 0 aliphatic carbocycles. The molecule has 1 N–H and O–H groups in total. The van der Waals surface area contributed by atoms with Gasteiger partial charge in [0.1, 0.15) is 10.7 Å². The second-order valence-electron chi connectivity index (χ2n) is 5.34. The summed E-state index contributed by atoms with van der Waals surface area (Å²) >= 11 is 1.50. The summed E-state index contributed by atoms with van der Waals surface area (Å²) < 4.78 is 0. The molecule has 0 saturated carbocycles. The van der Waals surface area contributed by atoms with Crippen LogP contribution in [0.4, 0.5) is 0 Å². The van der Waals surface area contributed by atoms with E-state index in [9.17, 15) is 4.79 Å². The van der Waals surface area contributed by atoms with Gasteiger partial charge < -0.3 is 9.88 Å². The number of carbonyl (C=O) groups is 1. The average Bonchev–Trinajstić information content (AvgIpc) is 3.24. The van der Waals surface area contributed by atoms with E-state index in [1.807, 2.05) is 11.1 Å². The summed E-state index contributed by atoms with van der Waals surface area (Å²) in [4.78, 5) is 29.6. The molecule has 1 aliphatic heterocycles. The summed E-state index contributed by atoms with van der Waals surface area (Å²) in [6.07, 6.45) is 6.18. The van der Waals surface area contributed by atoms with Gasteiger partial charge >= 0.3 is 0 Å². The van der Waals surface area contributed by atoms with Gasteiger partial charge in [0.05, 0.1) is 17.2 Å². The first kappa shape index (κ1) is 15.2. The van der Waals surface area contributed by atoms with Crippen LogP contribution in [0.5, 0.6) is 0 Å². The van der Waals surface area contributed by atoms with Crippen LogP contribution in [0.1, 0.15) is 40.4 Å². The van der Waals surface area contributed by atoms with Gasteiger partial charge in [0.15, 0.2) is 0 Å². The lowest BCUT2D eigenvalue weighted by atomic mass is 10.1. The van der Waals surface area contributed by atoms with Crippen molar-refractivity contribution in [2.24, 2.45) is 0 Å². The molecule has 0 bridgehead atoms. The molecule has 7 heteroatoms. The van der Waals surface area contributed by atoms with E-state index in [0.29, 0.717) is 6.54 Å². The number of carbonyl (C=O) groups excluding carboxylic acids is 1. The zero-order valence-electron chi connectivity index (χ0n) is 13.0. The quantitative estimate of drug-likeness (QED) is 0.935. The Morgan fingerprint density at radius 3 is 2.91 bits per heavy atom. The Morgan fingerprint density at radius 1 is 1.41 bits per heavy atom. The van der Waals surface area contributed by atoms with Crippen molar-refractivity contribution in [2.45, 2.75) is 26.3 Å². The van der Waals surface area contributed by atoms with Gasteiger partial charge in [-0.2, -0.15) is 0 Å². The van der Waals surface area contributed by atoms with E-state index in [4.69, 9.17) is 0 Å². The molecule has 1 aliphatic rings. The van der Waals surface area contributed by atoms with E-state index in [2.05, 4.69) is 33.7 Å². The van der Waals surface area contributed by atoms with Gasteiger partial charge in [-0.25, -0.2) is 9.97 Å². The number of aromatic nitrogens is 3. The fourth-order valence-electron chi connectivity index (χ4n) is 2.83. The molecule has 3 heterocycles. The zero-order chi connectivity index (χ0) is 15.5. The van der Waals surface area contributed by atoms with Gasteiger partial charge in [-0.1, -0.05) is 13.8 Å². The molecule has 2 aromatic rings. The molecule has 1 amide bonds. The standard InChI is InChI=1S/C15H21N5OS/c1-3-13-18-9-12(22-13)15(21)20-8-7-19(4-2)11(10-20)14-16-5-6-17-14/h5-6,9,11H,3-4,7-8,10H2,1-2H3,(H,16,17)/t11-/m1/s1. The minimum absolute atomic E-state index is 0.0875. The number of hydrogen-bond acceptors (Lipinski definition) is 5. The molecule has 1 saturated heterocycles. The SMILES string of the molecule is CCc1ncc(C(=O)N2CCN(CC)[C@@H](c3ncc[nH]3)C2)s1. The Hall–Kier alpha value is -1.73. The van der Waals surface area contributed by atoms with Crippen LogP contribution in [0, 0.1) is 0 Å². The normalized spacial score (nSPS) is 19.5. The third-order valence-corrected chi connectivity index (χ3v) is 5.22. The number of H-pyrrole nitrogens is 1. The third-order valence-electron chi connectivity index (χ3n) is 4.09. The van der Waals surface area contributed by atoms with Crippen molar-refractivity contribution in [2.75, 3.05) is 26.2 Å². The molecule has 0 radical (unpaired) electrons. The van der Waals surface area contributed by atoms with E-state index >= 15 is 0 Å². The Labute approximate surface area is 134 Å². The molecular weight excluding hydrogens is 298 g/mol. The van der Waals surface area contributed by atoms with Crippen molar-refractivity contribution < 1.29 is 4.79 Å². The first-order valence-corrected chi connectivity index (χ1v) is 8.51. The smallest absolute Gasteiger partial charge is 0.265 e. The Morgan fingerprint density at radius 2 is 2.27 bits per heavy atom. The minimum Gasteiger partial charge on any atom is -0.347 e. The van der Waals surface area contributed by atoms with Gasteiger partial charge in [0.2, 0.25) is 0 Å². The maximum atomic E-state index is 12.7. The van der Waals surface area contributed by atoms with Crippen molar-refractivity contribution in [1.82, 2.24) is 24.8 Å². The van der Waals surface area contributed by atoms with Gasteiger partial charge in [0, 0.05) is 32.0 Å². The largest absolute Gasteiger partial charge is 0.347 e. The Kier molecular flexibility index (Phi) is 4.54. The molecule has 22 heavy (non-hydrogen) atoms. The van der Waals surface area contributed by atoms with Crippen LogP contribution in [0.15, 0.2) is 18.6 Å². The second-order valence-corrected chi connectivity index (χ2v) is 6.46. The predicted octanol–water partition coefficient (Wildman–Crippen LogP) is 1.95. The number of aromatic amines is 1. The van der Waals surface area contributed by atoms with Crippen LogP contribution in [0.2, 0.25) is 0 Å². The van der Waals surface area contributed by atoms with E-state index in [-0.39, 0.29) is 11.9 Å². The van der Waals surface area contributed by atoms with Crippen molar-refractivity contribution >= 4 is 17.2 Å². The maximum Gasteiger partial charge on any atom is 0.265 e. The topological polar surface area (TPSA) is 65.1 Å². The summed E-state index contributed by atoms with van der Waals surface area (Å²) in [6.45, 7) is 7.44. The zero-order valence-corrected chi connectivity index (χ0v) is 13.8. The molecule has 1 fully saturated rings. The number of imidazole rings is 1. The highest BCUT2D eigenvalue weighted by molar-refractivity contribution is 7.13. The Bertz CT molecular complexity index is 624. The monoisotopic (exact) mass is 319 g/mol. The van der Waals surface area contributed by atoms with E-state index in [1.54, 1.807) is 12.4 Å². The van der Waals surface area contributed by atoms with Gasteiger partial charge in [0.25, 0.3) is 5.91 Å². The molecular formula is C15H21N5OS. The fourth-order valence-corrected chi connectivity index (χ4v) is 3.66. The molecule has 3 rings (SSSR count). The van der Waals surface area contributed by atoms with Gasteiger partial charge in [-0.05, 0) is 13.0 Å². The number of piperazine rings is 1. The number of nitrogens with one attached hydrogen (secondary N) is 1. The van der Waals surface area contributed by atoms with Crippen LogP contribution >= 0.6 is 11.3 Å². The number of thiazole rings is 1. The summed E-state index contributed by atoms with van der Waals surface area (Å²) in [5, 5.41) is 1.01. The van der Waals surface area contributed by atoms with Crippen LogP contribution in [0.25, 0.3) is 0 Å². The molecule has 118 valence electrons. The lowest BCUT2D eigenvalue weighted by Gasteiger charge is -2.39. The summed E-state index contributed by atoms with van der Waals surface area (Å²) in [5.41, 5.74) is 0. The highest BCUT2D eigenvalue weighted by Gasteiger charge is 2.32. The Balaban J connectivity index is 1.76. The van der Waals surface area contributed by atoms with Crippen molar-refractivity contribution in [3.63, 3.8) is 0 Å². The first-order chi connectivity index (χ1) is 10.7. The maximum absolute atomic E-state index is 12.7. The molecule has 0 spiro atoms. The van der Waals surface area contributed by atoms with Crippen molar-refractivity contribution in [3.05, 3.63) is 34.3 Å². The molecule has 6 nitrogen and oxygen atoms in total. The summed E-state index contributed by atoms with van der Waals surface area (Å²) in [6, 6.07) is 0.135. The average molecular weight is 319 g/mol. The number of rotatable bonds is 4. The number of nitrogens with zero attached hydrogens (tertiary/aromatic N) is 4. The third kappa shape index (κ3) is 2.91. The van der Waals surface area contributed by atoms with Crippen LogP contribution < -0.4 is 0 Å². The molecule has 2 aromatic heterocycles. The van der Waals surface area contributed by atoms with Gasteiger partial charge in [-0.15, -0.1) is 11.3 Å². The first-order valence-electron chi connectivity index (χ1n) is 7.70. The van der Waals surface area contributed by atoms with E-state index in [0.717, 1.165) is 41.8 Å². The van der Waals surface area contributed by atoms with Crippen molar-refractivity contribution in [1.29, 1.82) is 0 Å². The summed E-state index contributed by atoms with van der Waals surface area (Å²) in [5.74, 6) is 1.02. The van der Waals surface area contributed by atoms with Crippen LogP contribution in [0.3, 0.4) is 0 Å². The van der Waals surface area contributed by atoms with Gasteiger partial charge in [-0.3, -0.25) is 9.69 Å². The minimum atomic E-state index is 0.0875. The number of amides is 1. The molecule has 0 aromatic carbocycles. The molecule has 1 atom stereocenters. The predicted molar refractivity (Wildman–Crippen MR) is 86.0 cm³/mol. The van der Waals surface area contributed by atoms with Crippen molar-refractivity contribution in [3.8, 4) is 0 Å². The lowest BCUT2D eigenvalue weighted by molar-refractivity contribution is 0.0484. The van der Waals surface area contributed by atoms with Crippen LogP contribution in [-0.2, 0) is 6.42 Å². The van der Waals surface area contributed by atoms with E-state index in [1.165, 1.54) is 11.3 Å².